The lowest BCUT2D eigenvalue weighted by molar-refractivity contribution is 0.281. The highest BCUT2D eigenvalue weighted by Gasteiger charge is 2.20. The third kappa shape index (κ3) is 2.54. The number of fused-ring (bicyclic) bond motifs is 1. The lowest BCUT2D eigenvalue weighted by Gasteiger charge is -2.22. The third-order valence-electron chi connectivity index (χ3n) is 3.61. The molecule has 5 nitrogen and oxygen atoms in total. The summed E-state index contributed by atoms with van der Waals surface area (Å²) in [4.78, 5) is 11.7. The Kier molecular flexibility index (Phi) is 3.69. The lowest BCUT2D eigenvalue weighted by Crippen LogP contribution is -2.25. The van der Waals surface area contributed by atoms with Crippen molar-refractivity contribution in [3.63, 3.8) is 0 Å². The molecule has 0 saturated carbocycles. The number of aliphatic hydroxyl groups is 1. The summed E-state index contributed by atoms with van der Waals surface area (Å²) < 4.78 is 0. The average molecular weight is 272 g/mol. The van der Waals surface area contributed by atoms with Crippen LogP contribution in [-0.4, -0.2) is 40.8 Å². The zero-order chi connectivity index (χ0) is 13.9. The van der Waals surface area contributed by atoms with Gasteiger partial charge < -0.3 is 15.3 Å². The second kappa shape index (κ2) is 5.63. The van der Waals surface area contributed by atoms with E-state index in [1.54, 1.807) is 0 Å². The van der Waals surface area contributed by atoms with Gasteiger partial charge in [-0.1, -0.05) is 12.1 Å². The minimum Gasteiger partial charge on any atom is -0.394 e. The van der Waals surface area contributed by atoms with E-state index >= 15 is 0 Å². The molecule has 2 N–H and O–H groups in total. The monoisotopic (exact) mass is 272 g/mol. The molecule has 0 bridgehead atoms. The molecule has 2 aromatic rings. The predicted molar refractivity (Wildman–Crippen MR) is 81.2 cm³/mol. The number of rotatable bonds is 4. The Morgan fingerprint density at radius 2 is 1.85 bits per heavy atom. The minimum absolute atomic E-state index is 0.0354. The summed E-state index contributed by atoms with van der Waals surface area (Å²) in [7, 11) is 0. The van der Waals surface area contributed by atoms with Gasteiger partial charge in [0.05, 0.1) is 17.6 Å². The van der Waals surface area contributed by atoms with Crippen LogP contribution in [-0.2, 0) is 0 Å². The molecular formula is C15H20N4O. The van der Waals surface area contributed by atoms with Crippen molar-refractivity contribution < 1.29 is 5.11 Å². The summed E-state index contributed by atoms with van der Waals surface area (Å²) in [5.74, 6) is 1.67. The van der Waals surface area contributed by atoms with Crippen LogP contribution in [0.4, 0.5) is 11.6 Å². The third-order valence-corrected chi connectivity index (χ3v) is 3.61. The maximum absolute atomic E-state index is 9.24. The quantitative estimate of drug-likeness (QED) is 0.891. The van der Waals surface area contributed by atoms with Crippen LogP contribution >= 0.6 is 0 Å². The second-order valence-corrected chi connectivity index (χ2v) is 5.31. The average Bonchev–Trinajstić information content (AvgIpc) is 3.00. The van der Waals surface area contributed by atoms with Crippen LogP contribution in [0.15, 0.2) is 24.3 Å². The number of nitrogens with one attached hydrogen (secondary N) is 1. The van der Waals surface area contributed by atoms with Crippen molar-refractivity contribution in [3.05, 3.63) is 24.3 Å². The topological polar surface area (TPSA) is 61.3 Å². The molecule has 1 aromatic heterocycles. The SMILES string of the molecule is C[C@@H](CO)Nc1nc2ccccc2nc1N1CCCC1. The molecule has 1 fully saturated rings. The molecule has 5 heteroatoms. The minimum atomic E-state index is -0.0354. The Hall–Kier alpha value is -1.88. The fourth-order valence-corrected chi connectivity index (χ4v) is 2.52. The molecule has 1 aliphatic rings. The van der Waals surface area contributed by atoms with Crippen LogP contribution in [0, 0.1) is 0 Å². The highest BCUT2D eigenvalue weighted by Crippen LogP contribution is 2.28. The van der Waals surface area contributed by atoms with Gasteiger partial charge in [0.1, 0.15) is 0 Å². The van der Waals surface area contributed by atoms with Crippen LogP contribution in [0.3, 0.4) is 0 Å². The standard InChI is InChI=1S/C15H20N4O/c1-11(10-20)16-14-15(19-8-4-5-9-19)18-13-7-3-2-6-12(13)17-14/h2-3,6-7,11,20H,4-5,8-10H2,1H3,(H,16,17)/t11-/m0/s1. The smallest absolute Gasteiger partial charge is 0.172 e. The molecule has 0 amide bonds. The summed E-state index contributed by atoms with van der Waals surface area (Å²) in [6, 6.07) is 7.86. The molecule has 0 spiro atoms. The van der Waals surface area contributed by atoms with Gasteiger partial charge in [-0.25, -0.2) is 9.97 Å². The van der Waals surface area contributed by atoms with Crippen LogP contribution in [0.5, 0.6) is 0 Å². The van der Waals surface area contributed by atoms with Crippen molar-refractivity contribution in [2.24, 2.45) is 0 Å². The van der Waals surface area contributed by atoms with E-state index in [1.807, 2.05) is 31.2 Å². The number of hydrogen-bond acceptors (Lipinski definition) is 5. The molecule has 106 valence electrons. The van der Waals surface area contributed by atoms with E-state index < -0.39 is 0 Å². The first kappa shape index (κ1) is 13.1. The highest BCUT2D eigenvalue weighted by molar-refractivity contribution is 5.80. The number of anilines is 2. The van der Waals surface area contributed by atoms with Crippen LogP contribution in [0.25, 0.3) is 11.0 Å². The molecule has 1 saturated heterocycles. The molecule has 1 atom stereocenters. The van der Waals surface area contributed by atoms with E-state index in [2.05, 4.69) is 15.2 Å². The number of aliphatic hydroxyl groups excluding tert-OH is 1. The maximum atomic E-state index is 9.24. The Balaban J connectivity index is 2.05. The number of para-hydroxylation sites is 2. The number of benzene rings is 1. The first-order valence-corrected chi connectivity index (χ1v) is 7.17. The number of nitrogens with zero attached hydrogens (tertiary/aromatic N) is 3. The summed E-state index contributed by atoms with van der Waals surface area (Å²) in [5.41, 5.74) is 1.79. The van der Waals surface area contributed by atoms with Crippen molar-refractivity contribution in [2.75, 3.05) is 29.9 Å². The van der Waals surface area contributed by atoms with Crippen LogP contribution in [0.2, 0.25) is 0 Å². The van der Waals surface area contributed by atoms with Gasteiger partial charge >= 0.3 is 0 Å². The van der Waals surface area contributed by atoms with Gasteiger partial charge in [0.25, 0.3) is 0 Å². The normalized spacial score (nSPS) is 16.6. The largest absolute Gasteiger partial charge is 0.394 e. The molecule has 0 aliphatic carbocycles. The summed E-state index contributed by atoms with van der Waals surface area (Å²) in [6.45, 7) is 4.06. The molecular weight excluding hydrogens is 252 g/mol. The van der Waals surface area contributed by atoms with E-state index in [0.717, 1.165) is 35.8 Å². The molecule has 0 unspecified atom stereocenters. The predicted octanol–water partition coefficient (Wildman–Crippen LogP) is 2.02. The van der Waals surface area contributed by atoms with Gasteiger partial charge in [-0.3, -0.25) is 0 Å². The Labute approximate surface area is 118 Å². The Bertz CT molecular complexity index is 595. The summed E-state index contributed by atoms with van der Waals surface area (Å²) in [6.07, 6.45) is 2.40. The zero-order valence-electron chi connectivity index (χ0n) is 11.7. The van der Waals surface area contributed by atoms with Crippen molar-refractivity contribution in [2.45, 2.75) is 25.8 Å². The fourth-order valence-electron chi connectivity index (χ4n) is 2.52. The molecule has 20 heavy (non-hydrogen) atoms. The lowest BCUT2D eigenvalue weighted by atomic mass is 10.3. The molecule has 0 radical (unpaired) electrons. The zero-order valence-corrected chi connectivity index (χ0v) is 11.7. The molecule has 1 aliphatic heterocycles. The highest BCUT2D eigenvalue weighted by atomic mass is 16.3. The first-order chi connectivity index (χ1) is 9.78. The van der Waals surface area contributed by atoms with Crippen LogP contribution in [0.1, 0.15) is 19.8 Å². The Morgan fingerprint density at radius 3 is 2.50 bits per heavy atom. The Morgan fingerprint density at radius 1 is 1.20 bits per heavy atom. The van der Waals surface area contributed by atoms with Gasteiger partial charge in [-0.05, 0) is 31.9 Å². The number of aromatic nitrogens is 2. The van der Waals surface area contributed by atoms with Crippen LogP contribution < -0.4 is 10.2 Å². The van der Waals surface area contributed by atoms with E-state index in [9.17, 15) is 5.11 Å². The molecule has 3 rings (SSSR count). The molecule has 2 heterocycles. The summed E-state index contributed by atoms with van der Waals surface area (Å²) in [5, 5.41) is 12.5. The van der Waals surface area contributed by atoms with E-state index in [1.165, 1.54) is 12.8 Å². The van der Waals surface area contributed by atoms with Crippen molar-refractivity contribution in [1.82, 2.24) is 9.97 Å². The van der Waals surface area contributed by atoms with Gasteiger partial charge in [-0.15, -0.1) is 0 Å². The first-order valence-electron chi connectivity index (χ1n) is 7.17. The van der Waals surface area contributed by atoms with Gasteiger partial charge in [0.15, 0.2) is 11.6 Å². The van der Waals surface area contributed by atoms with Gasteiger partial charge in [0, 0.05) is 19.1 Å². The maximum Gasteiger partial charge on any atom is 0.172 e. The number of hydrogen-bond donors (Lipinski definition) is 2. The van der Waals surface area contributed by atoms with E-state index in [-0.39, 0.29) is 12.6 Å². The van der Waals surface area contributed by atoms with Gasteiger partial charge in [-0.2, -0.15) is 0 Å². The van der Waals surface area contributed by atoms with E-state index in [4.69, 9.17) is 4.98 Å². The second-order valence-electron chi connectivity index (χ2n) is 5.31. The van der Waals surface area contributed by atoms with Crippen molar-refractivity contribution in [3.8, 4) is 0 Å². The molecule has 1 aromatic carbocycles. The van der Waals surface area contributed by atoms with Crippen molar-refractivity contribution in [1.29, 1.82) is 0 Å². The van der Waals surface area contributed by atoms with Crippen molar-refractivity contribution >= 4 is 22.7 Å². The van der Waals surface area contributed by atoms with E-state index in [0.29, 0.717) is 0 Å². The van der Waals surface area contributed by atoms with Gasteiger partial charge in [0.2, 0.25) is 0 Å². The fraction of sp³-hybridized carbons (Fsp3) is 0.467. The summed E-state index contributed by atoms with van der Waals surface area (Å²) >= 11 is 0.